The largest absolute Gasteiger partial charge is 0.497 e. The van der Waals surface area contributed by atoms with Gasteiger partial charge in [0.1, 0.15) is 17.3 Å². The van der Waals surface area contributed by atoms with Crippen molar-refractivity contribution in [2.24, 2.45) is 0 Å². The second kappa shape index (κ2) is 6.25. The minimum absolute atomic E-state index is 0.703. The van der Waals surface area contributed by atoms with Gasteiger partial charge in [-0.3, -0.25) is 0 Å². The quantitative estimate of drug-likeness (QED) is 0.845. The summed E-state index contributed by atoms with van der Waals surface area (Å²) in [6.07, 6.45) is 1.72. The maximum absolute atomic E-state index is 5.31. The van der Waals surface area contributed by atoms with Crippen LogP contribution in [0, 0.1) is 0 Å². The molecule has 0 aliphatic rings. The summed E-state index contributed by atoms with van der Waals surface area (Å²) in [6.45, 7) is 0. The molecule has 0 spiro atoms. The van der Waals surface area contributed by atoms with Gasteiger partial charge in [-0.25, -0.2) is 4.98 Å². The molecule has 1 aromatic carbocycles. The van der Waals surface area contributed by atoms with Crippen LogP contribution in [0.15, 0.2) is 39.4 Å². The summed E-state index contributed by atoms with van der Waals surface area (Å²) in [7, 11) is 3.25. The lowest BCUT2D eigenvalue weighted by Crippen LogP contribution is -1.98. The van der Waals surface area contributed by atoms with Crippen molar-refractivity contribution in [3.05, 3.63) is 39.4 Å². The Bertz CT molecular complexity index is 591. The van der Waals surface area contributed by atoms with E-state index in [1.165, 1.54) is 0 Å². The van der Waals surface area contributed by atoms with E-state index in [-0.39, 0.29) is 0 Å². The molecule has 19 heavy (non-hydrogen) atoms. The van der Waals surface area contributed by atoms with Crippen molar-refractivity contribution in [2.45, 2.75) is 0 Å². The number of pyridine rings is 1. The number of rotatable bonds is 4. The third kappa shape index (κ3) is 3.39. The number of anilines is 2. The molecule has 0 amide bonds. The zero-order valence-corrected chi connectivity index (χ0v) is 13.6. The van der Waals surface area contributed by atoms with Gasteiger partial charge < -0.3 is 14.8 Å². The lowest BCUT2D eigenvalue weighted by Gasteiger charge is -2.13. The average Bonchev–Trinajstić information content (AvgIpc) is 2.41. The molecule has 2 rings (SSSR count). The van der Waals surface area contributed by atoms with Gasteiger partial charge in [-0.2, -0.15) is 0 Å². The van der Waals surface area contributed by atoms with Gasteiger partial charge in [0.05, 0.1) is 24.4 Å². The molecule has 1 N–H and O–H groups in total. The van der Waals surface area contributed by atoms with Gasteiger partial charge in [-0.05, 0) is 50.1 Å². The number of ether oxygens (including phenoxy) is 2. The van der Waals surface area contributed by atoms with Gasteiger partial charge in [-0.15, -0.1) is 0 Å². The fourth-order valence-electron chi connectivity index (χ4n) is 1.55. The first kappa shape index (κ1) is 14.1. The molecular weight excluding hydrogens is 376 g/mol. The van der Waals surface area contributed by atoms with Crippen molar-refractivity contribution in [3.8, 4) is 11.5 Å². The zero-order valence-electron chi connectivity index (χ0n) is 10.4. The molecule has 0 fully saturated rings. The second-order valence-corrected chi connectivity index (χ2v) is 5.45. The number of halogens is 2. The number of hydrogen-bond donors (Lipinski definition) is 1. The minimum Gasteiger partial charge on any atom is -0.497 e. The molecule has 1 heterocycles. The summed E-state index contributed by atoms with van der Waals surface area (Å²) in [5.74, 6) is 2.17. The highest BCUT2D eigenvalue weighted by Gasteiger charge is 2.08. The molecule has 2 aromatic rings. The Balaban J connectivity index is 2.36. The average molecular weight is 388 g/mol. The third-order valence-electron chi connectivity index (χ3n) is 2.47. The van der Waals surface area contributed by atoms with E-state index < -0.39 is 0 Å². The van der Waals surface area contributed by atoms with Gasteiger partial charge in [0.2, 0.25) is 0 Å². The molecule has 4 nitrogen and oxygen atoms in total. The zero-order chi connectivity index (χ0) is 13.8. The van der Waals surface area contributed by atoms with Gasteiger partial charge in [0.25, 0.3) is 0 Å². The number of hydrogen-bond acceptors (Lipinski definition) is 4. The van der Waals surface area contributed by atoms with E-state index in [4.69, 9.17) is 9.47 Å². The van der Waals surface area contributed by atoms with Crippen LogP contribution in [0.2, 0.25) is 0 Å². The summed E-state index contributed by atoms with van der Waals surface area (Å²) in [5, 5.41) is 3.21. The molecule has 0 atom stereocenters. The Labute approximate surface area is 128 Å². The first-order chi connectivity index (χ1) is 9.13. The Morgan fingerprint density at radius 1 is 1.11 bits per heavy atom. The molecule has 0 saturated carbocycles. The molecular formula is C13H12Br2N2O2. The van der Waals surface area contributed by atoms with E-state index in [1.54, 1.807) is 20.4 Å². The highest BCUT2D eigenvalue weighted by atomic mass is 79.9. The molecule has 0 bridgehead atoms. The van der Waals surface area contributed by atoms with Crippen LogP contribution in [-0.2, 0) is 0 Å². The number of nitrogens with zero attached hydrogens (tertiary/aromatic N) is 1. The molecule has 0 aliphatic heterocycles. The first-order valence-electron chi connectivity index (χ1n) is 5.44. The summed E-state index contributed by atoms with van der Waals surface area (Å²) >= 11 is 6.83. The second-order valence-electron chi connectivity index (χ2n) is 3.68. The topological polar surface area (TPSA) is 43.4 Å². The molecule has 0 saturated heterocycles. The van der Waals surface area contributed by atoms with Crippen molar-refractivity contribution in [1.82, 2.24) is 4.98 Å². The lowest BCUT2D eigenvalue weighted by molar-refractivity contribution is 0.405. The van der Waals surface area contributed by atoms with Crippen molar-refractivity contribution < 1.29 is 9.47 Å². The number of aromatic nitrogens is 1. The summed E-state index contributed by atoms with van der Waals surface area (Å²) in [4.78, 5) is 4.30. The molecule has 1 aromatic heterocycles. The maximum Gasteiger partial charge on any atom is 0.144 e. The summed E-state index contributed by atoms with van der Waals surface area (Å²) in [6, 6.07) is 7.46. The van der Waals surface area contributed by atoms with Crippen LogP contribution in [0.5, 0.6) is 11.5 Å². The number of benzene rings is 1. The normalized spacial score (nSPS) is 10.1. The van der Waals surface area contributed by atoms with Gasteiger partial charge in [0.15, 0.2) is 0 Å². The van der Waals surface area contributed by atoms with E-state index in [0.717, 1.165) is 26.1 Å². The molecule has 100 valence electrons. The summed E-state index contributed by atoms with van der Waals surface area (Å²) < 4.78 is 12.3. The van der Waals surface area contributed by atoms with Gasteiger partial charge >= 0.3 is 0 Å². The molecule has 0 unspecified atom stereocenters. The van der Waals surface area contributed by atoms with Crippen molar-refractivity contribution in [1.29, 1.82) is 0 Å². The Hall–Kier alpha value is -1.27. The number of methoxy groups -OCH3 is 2. The minimum atomic E-state index is 0.703. The maximum atomic E-state index is 5.31. The first-order valence-corrected chi connectivity index (χ1v) is 7.02. The lowest BCUT2D eigenvalue weighted by atomic mass is 10.2. The smallest absolute Gasteiger partial charge is 0.144 e. The van der Waals surface area contributed by atoms with Crippen molar-refractivity contribution in [3.63, 3.8) is 0 Å². The van der Waals surface area contributed by atoms with E-state index in [1.807, 2.05) is 24.3 Å². The van der Waals surface area contributed by atoms with E-state index in [9.17, 15) is 0 Å². The van der Waals surface area contributed by atoms with Crippen LogP contribution in [0.3, 0.4) is 0 Å². The standard InChI is InChI=1S/C13H12Br2N2O2/c1-18-9-3-4-12(19-2)11(6-9)17-13-10(15)5-8(14)7-16-13/h3-7H,1-2H3,(H,16,17). The van der Waals surface area contributed by atoms with Crippen LogP contribution >= 0.6 is 31.9 Å². The van der Waals surface area contributed by atoms with Gasteiger partial charge in [-0.1, -0.05) is 0 Å². The van der Waals surface area contributed by atoms with Crippen LogP contribution in [0.4, 0.5) is 11.5 Å². The predicted molar refractivity (Wildman–Crippen MR) is 82.5 cm³/mol. The Kier molecular flexibility index (Phi) is 4.66. The van der Waals surface area contributed by atoms with Crippen LogP contribution in [0.25, 0.3) is 0 Å². The predicted octanol–water partition coefficient (Wildman–Crippen LogP) is 4.37. The van der Waals surface area contributed by atoms with E-state index >= 15 is 0 Å². The van der Waals surface area contributed by atoms with Crippen LogP contribution in [0.1, 0.15) is 0 Å². The fourth-order valence-corrected chi connectivity index (χ4v) is 2.63. The molecule has 0 aliphatic carbocycles. The number of nitrogens with one attached hydrogen (secondary N) is 1. The van der Waals surface area contributed by atoms with E-state index in [2.05, 4.69) is 42.2 Å². The Morgan fingerprint density at radius 3 is 2.53 bits per heavy atom. The van der Waals surface area contributed by atoms with Crippen molar-refractivity contribution >= 4 is 43.4 Å². The molecule has 0 radical (unpaired) electrons. The monoisotopic (exact) mass is 386 g/mol. The SMILES string of the molecule is COc1ccc(OC)c(Nc2ncc(Br)cc2Br)c1. The van der Waals surface area contributed by atoms with E-state index in [0.29, 0.717) is 5.82 Å². The van der Waals surface area contributed by atoms with Gasteiger partial charge in [0, 0.05) is 16.7 Å². The highest BCUT2D eigenvalue weighted by molar-refractivity contribution is 9.11. The third-order valence-corrected chi connectivity index (χ3v) is 3.51. The van der Waals surface area contributed by atoms with Crippen LogP contribution < -0.4 is 14.8 Å². The van der Waals surface area contributed by atoms with Crippen molar-refractivity contribution in [2.75, 3.05) is 19.5 Å². The highest BCUT2D eigenvalue weighted by Crippen LogP contribution is 2.33. The molecule has 6 heteroatoms. The van der Waals surface area contributed by atoms with Crippen LogP contribution in [-0.4, -0.2) is 19.2 Å². The Morgan fingerprint density at radius 2 is 1.89 bits per heavy atom. The fraction of sp³-hybridized carbons (Fsp3) is 0.154. The summed E-state index contributed by atoms with van der Waals surface area (Å²) in [5.41, 5.74) is 0.789.